The van der Waals surface area contributed by atoms with Crippen LogP contribution in [-0.2, 0) is 0 Å². The topological polar surface area (TPSA) is 61.0 Å². The van der Waals surface area contributed by atoms with Crippen molar-refractivity contribution < 1.29 is 9.15 Å². The highest BCUT2D eigenvalue weighted by atomic mass is 32.2. The SMILES string of the molecule is C1=CS2=C(C=C1c1cccc3oc4c(-c5nc(-c6ccccc6)nc(-c6ccccc6-c6ccccc6)n5)cccc4c13)Oc1ccccc12. The lowest BCUT2D eigenvalue weighted by Crippen LogP contribution is -2.02. The summed E-state index contributed by atoms with van der Waals surface area (Å²) in [5.41, 5.74) is 8.52. The minimum Gasteiger partial charge on any atom is -0.455 e. The summed E-state index contributed by atoms with van der Waals surface area (Å²) in [6.45, 7) is 0. The number of allylic oxidation sites excluding steroid dienone is 2. The van der Waals surface area contributed by atoms with Gasteiger partial charge in [-0.3, -0.25) is 0 Å². The summed E-state index contributed by atoms with van der Waals surface area (Å²) < 4.78 is 13.0. The van der Waals surface area contributed by atoms with E-state index in [0.717, 1.165) is 71.7 Å². The zero-order chi connectivity index (χ0) is 33.0. The van der Waals surface area contributed by atoms with Gasteiger partial charge in [-0.05, 0) is 64.1 Å². The Morgan fingerprint density at radius 2 is 1.14 bits per heavy atom. The quantitative estimate of drug-likeness (QED) is 0.172. The highest BCUT2D eigenvalue weighted by Crippen LogP contribution is 2.47. The Morgan fingerprint density at radius 3 is 1.98 bits per heavy atom. The molecule has 1 unspecified atom stereocenters. The molecule has 6 aromatic carbocycles. The van der Waals surface area contributed by atoms with Crippen molar-refractivity contribution in [2.75, 3.05) is 0 Å². The monoisotopic (exact) mass is 661 g/mol. The second-order valence-electron chi connectivity index (χ2n) is 12.2. The van der Waals surface area contributed by atoms with Gasteiger partial charge in [-0.25, -0.2) is 15.0 Å². The normalized spacial score (nSPS) is 14.8. The van der Waals surface area contributed by atoms with Gasteiger partial charge in [-0.2, -0.15) is 0 Å². The molecule has 10 rings (SSSR count). The summed E-state index contributed by atoms with van der Waals surface area (Å²) in [4.78, 5) is 16.5. The van der Waals surface area contributed by atoms with Gasteiger partial charge < -0.3 is 9.15 Å². The van der Waals surface area contributed by atoms with Gasteiger partial charge in [-0.1, -0.05) is 132 Å². The average molecular weight is 662 g/mol. The average Bonchev–Trinajstić information content (AvgIpc) is 3.77. The van der Waals surface area contributed by atoms with Crippen molar-refractivity contribution >= 4 is 43.0 Å². The standard InChI is InChI=1S/C44H27N3O2S/c1-3-13-28(14-4-1)31-17-7-8-18-33(31)43-45-42(29-15-5-2-6-16-29)46-44(47-43)35-21-11-20-34-40-32(19-12-23-37(40)49-41(34)35)30-25-26-50-38-24-10-9-22-36(38)48-39(50)27-30/h1-27H. The van der Waals surface area contributed by atoms with Crippen molar-refractivity contribution in [3.63, 3.8) is 0 Å². The summed E-state index contributed by atoms with van der Waals surface area (Å²) in [7, 11) is -0.193. The Morgan fingerprint density at radius 1 is 0.500 bits per heavy atom. The molecule has 5 nitrogen and oxygen atoms in total. The van der Waals surface area contributed by atoms with Crippen molar-refractivity contribution in [3.05, 3.63) is 169 Å². The van der Waals surface area contributed by atoms with Crippen LogP contribution in [0.1, 0.15) is 5.56 Å². The van der Waals surface area contributed by atoms with E-state index < -0.39 is 0 Å². The number of ether oxygens (including phenoxy) is 1. The molecule has 2 aliphatic heterocycles. The second-order valence-corrected chi connectivity index (χ2v) is 13.9. The number of hydrogen-bond acceptors (Lipinski definition) is 5. The van der Waals surface area contributed by atoms with Crippen molar-refractivity contribution in [2.45, 2.75) is 4.90 Å². The Labute approximate surface area is 290 Å². The summed E-state index contributed by atoms with van der Waals surface area (Å²) in [6, 6.07) is 49.4. The smallest absolute Gasteiger partial charge is 0.167 e. The largest absolute Gasteiger partial charge is 0.455 e. The number of para-hydroxylation sites is 2. The predicted molar refractivity (Wildman–Crippen MR) is 204 cm³/mol. The number of rotatable bonds is 5. The van der Waals surface area contributed by atoms with Gasteiger partial charge in [0.1, 0.15) is 16.9 Å². The highest BCUT2D eigenvalue weighted by Gasteiger charge is 2.24. The van der Waals surface area contributed by atoms with Crippen LogP contribution in [-0.4, -0.2) is 20.0 Å². The molecule has 0 aliphatic carbocycles. The molecule has 2 aromatic heterocycles. The van der Waals surface area contributed by atoms with E-state index in [9.17, 15) is 0 Å². The number of aromatic nitrogens is 3. The summed E-state index contributed by atoms with van der Waals surface area (Å²) in [5.74, 6) is 2.69. The fraction of sp³-hybridized carbons (Fsp3) is 0. The van der Waals surface area contributed by atoms with Crippen LogP contribution in [0.25, 0.3) is 72.8 Å². The molecule has 236 valence electrons. The molecular formula is C44H27N3O2S. The highest BCUT2D eigenvalue weighted by molar-refractivity contribution is 8.19. The summed E-state index contributed by atoms with van der Waals surface area (Å²) in [5, 5.41) is 5.27. The minimum atomic E-state index is -0.193. The molecule has 50 heavy (non-hydrogen) atoms. The third-order valence-electron chi connectivity index (χ3n) is 9.17. The van der Waals surface area contributed by atoms with Crippen LogP contribution in [0.15, 0.2) is 172 Å². The zero-order valence-corrected chi connectivity index (χ0v) is 27.5. The fourth-order valence-electron chi connectivity index (χ4n) is 6.84. The molecule has 0 bridgehead atoms. The molecule has 6 heteroatoms. The van der Waals surface area contributed by atoms with E-state index in [2.05, 4.69) is 72.2 Å². The van der Waals surface area contributed by atoms with E-state index >= 15 is 0 Å². The Kier molecular flexibility index (Phi) is 6.67. The van der Waals surface area contributed by atoms with E-state index in [1.165, 1.54) is 4.90 Å². The van der Waals surface area contributed by atoms with Crippen molar-refractivity contribution in [2.24, 2.45) is 0 Å². The summed E-state index contributed by atoms with van der Waals surface area (Å²) in [6.07, 6.45) is 4.39. The number of benzene rings is 6. The maximum absolute atomic E-state index is 6.70. The van der Waals surface area contributed by atoms with Gasteiger partial charge in [0.05, 0.1) is 10.5 Å². The first-order chi connectivity index (χ1) is 24.8. The van der Waals surface area contributed by atoms with Crippen LogP contribution >= 0.6 is 10.5 Å². The lowest BCUT2D eigenvalue weighted by Gasteiger charge is -2.12. The molecule has 2 aliphatic rings. The molecule has 0 radical (unpaired) electrons. The van der Waals surface area contributed by atoms with Crippen molar-refractivity contribution in [3.8, 4) is 51.0 Å². The number of furan rings is 1. The molecule has 4 heterocycles. The Balaban J connectivity index is 1.15. The van der Waals surface area contributed by atoms with Crippen molar-refractivity contribution in [1.82, 2.24) is 15.0 Å². The van der Waals surface area contributed by atoms with Gasteiger partial charge in [0.2, 0.25) is 0 Å². The predicted octanol–water partition coefficient (Wildman–Crippen LogP) is 11.2. The van der Waals surface area contributed by atoms with Gasteiger partial charge >= 0.3 is 0 Å². The van der Waals surface area contributed by atoms with Crippen LogP contribution in [0, 0.1) is 0 Å². The minimum absolute atomic E-state index is 0.193. The molecule has 0 amide bonds. The molecule has 1 atom stereocenters. The molecule has 8 aromatic rings. The van der Waals surface area contributed by atoms with E-state index in [-0.39, 0.29) is 10.5 Å². The molecule has 0 saturated carbocycles. The first-order valence-electron chi connectivity index (χ1n) is 16.5. The maximum atomic E-state index is 6.70. The Bertz CT molecular complexity index is 2730. The maximum Gasteiger partial charge on any atom is 0.167 e. The van der Waals surface area contributed by atoms with Crippen LogP contribution in [0.3, 0.4) is 0 Å². The lowest BCUT2D eigenvalue weighted by atomic mass is 9.98. The first-order valence-corrected chi connectivity index (χ1v) is 17.8. The molecule has 0 fully saturated rings. The number of nitrogens with zero attached hydrogens (tertiary/aromatic N) is 3. The van der Waals surface area contributed by atoms with Gasteiger partial charge in [0.25, 0.3) is 0 Å². The van der Waals surface area contributed by atoms with E-state index in [1.54, 1.807) is 0 Å². The van der Waals surface area contributed by atoms with E-state index in [4.69, 9.17) is 24.1 Å². The van der Waals surface area contributed by atoms with Gasteiger partial charge in [0, 0.05) is 21.9 Å². The molecular weight excluding hydrogens is 635 g/mol. The third-order valence-corrected chi connectivity index (χ3v) is 11.0. The second kappa shape index (κ2) is 11.7. The van der Waals surface area contributed by atoms with Crippen molar-refractivity contribution in [1.29, 1.82) is 0 Å². The Hall–Kier alpha value is -6.37. The van der Waals surface area contributed by atoms with Crippen LogP contribution in [0.2, 0.25) is 0 Å². The lowest BCUT2D eigenvalue weighted by molar-refractivity contribution is 0.562. The van der Waals surface area contributed by atoms with E-state index in [0.29, 0.717) is 17.5 Å². The summed E-state index contributed by atoms with van der Waals surface area (Å²) >= 11 is 0. The number of fused-ring (bicyclic) bond motifs is 5. The molecule has 0 N–H and O–H groups in total. The molecule has 0 spiro atoms. The van der Waals surface area contributed by atoms with E-state index in [1.807, 2.05) is 91.0 Å². The number of hydrogen-bond donors (Lipinski definition) is 0. The first kappa shape index (κ1) is 28.6. The molecule has 0 saturated heterocycles. The zero-order valence-electron chi connectivity index (χ0n) is 26.7. The van der Waals surface area contributed by atoms with Crippen LogP contribution in [0.5, 0.6) is 5.75 Å². The van der Waals surface area contributed by atoms with Gasteiger partial charge in [0.15, 0.2) is 22.5 Å². The fourth-order valence-corrected chi connectivity index (χ4v) is 8.61. The third kappa shape index (κ3) is 4.72. The van der Waals surface area contributed by atoms with Crippen LogP contribution in [0.4, 0.5) is 0 Å². The van der Waals surface area contributed by atoms with Crippen LogP contribution < -0.4 is 4.74 Å². The van der Waals surface area contributed by atoms with Gasteiger partial charge in [-0.15, -0.1) is 0 Å².